The standard InChI is InChI=1S/C16H28N2O2/c1-6-13(2)18(3)11-10-17-12-14-8-7-9-15(19-4)16(14)20-5/h7-9,13,17H,6,10-12H2,1-5H3. The number of ether oxygens (including phenoxy) is 2. The lowest BCUT2D eigenvalue weighted by Crippen LogP contribution is -2.34. The fourth-order valence-electron chi connectivity index (χ4n) is 2.10. The number of para-hydroxylation sites is 1. The van der Waals surface area contributed by atoms with E-state index in [9.17, 15) is 0 Å². The van der Waals surface area contributed by atoms with Crippen molar-refractivity contribution in [3.05, 3.63) is 23.8 Å². The molecule has 4 nitrogen and oxygen atoms in total. The van der Waals surface area contributed by atoms with E-state index in [-0.39, 0.29) is 0 Å². The predicted octanol–water partition coefficient (Wildman–Crippen LogP) is 2.52. The minimum Gasteiger partial charge on any atom is -0.493 e. The molecule has 4 heteroatoms. The molecule has 114 valence electrons. The Labute approximate surface area is 123 Å². The Hall–Kier alpha value is -1.26. The molecule has 1 atom stereocenters. The summed E-state index contributed by atoms with van der Waals surface area (Å²) >= 11 is 0. The van der Waals surface area contributed by atoms with Crippen LogP contribution in [0.5, 0.6) is 11.5 Å². The molecule has 20 heavy (non-hydrogen) atoms. The molecule has 0 amide bonds. The van der Waals surface area contributed by atoms with Gasteiger partial charge in [-0.2, -0.15) is 0 Å². The van der Waals surface area contributed by atoms with Gasteiger partial charge in [0.2, 0.25) is 0 Å². The summed E-state index contributed by atoms with van der Waals surface area (Å²) in [5, 5.41) is 3.46. The van der Waals surface area contributed by atoms with Gasteiger partial charge in [0, 0.05) is 31.2 Å². The van der Waals surface area contributed by atoms with E-state index in [1.54, 1.807) is 14.2 Å². The highest BCUT2D eigenvalue weighted by atomic mass is 16.5. The zero-order valence-electron chi connectivity index (χ0n) is 13.4. The predicted molar refractivity (Wildman–Crippen MR) is 83.6 cm³/mol. The van der Waals surface area contributed by atoms with Crippen LogP contribution in [0.15, 0.2) is 18.2 Å². The van der Waals surface area contributed by atoms with E-state index in [0.29, 0.717) is 6.04 Å². The van der Waals surface area contributed by atoms with Crippen LogP contribution < -0.4 is 14.8 Å². The zero-order chi connectivity index (χ0) is 15.0. The van der Waals surface area contributed by atoms with Gasteiger partial charge in [-0.3, -0.25) is 0 Å². The molecule has 0 bridgehead atoms. The van der Waals surface area contributed by atoms with Crippen LogP contribution in [0.3, 0.4) is 0 Å². The Morgan fingerprint density at radius 3 is 2.60 bits per heavy atom. The average molecular weight is 280 g/mol. The number of nitrogens with one attached hydrogen (secondary N) is 1. The number of nitrogens with zero attached hydrogens (tertiary/aromatic N) is 1. The van der Waals surface area contributed by atoms with Crippen molar-refractivity contribution in [1.82, 2.24) is 10.2 Å². The molecule has 1 rings (SSSR count). The van der Waals surface area contributed by atoms with Crippen LogP contribution >= 0.6 is 0 Å². The minimum absolute atomic E-state index is 0.628. The first-order chi connectivity index (χ1) is 9.63. The topological polar surface area (TPSA) is 33.7 Å². The van der Waals surface area contributed by atoms with Gasteiger partial charge in [-0.05, 0) is 26.5 Å². The molecule has 0 spiro atoms. The largest absolute Gasteiger partial charge is 0.493 e. The third kappa shape index (κ3) is 4.69. The molecule has 0 aliphatic rings. The molecule has 0 aromatic heterocycles. The lowest BCUT2D eigenvalue weighted by molar-refractivity contribution is 0.251. The molecule has 0 aliphatic heterocycles. The van der Waals surface area contributed by atoms with Gasteiger partial charge in [0.25, 0.3) is 0 Å². The number of hydrogen-bond acceptors (Lipinski definition) is 4. The molecule has 1 N–H and O–H groups in total. The van der Waals surface area contributed by atoms with E-state index in [0.717, 1.165) is 36.7 Å². The van der Waals surface area contributed by atoms with Gasteiger partial charge in [-0.25, -0.2) is 0 Å². The molecule has 0 fully saturated rings. The first-order valence-electron chi connectivity index (χ1n) is 7.24. The molecule has 0 radical (unpaired) electrons. The number of rotatable bonds is 9. The highest BCUT2D eigenvalue weighted by molar-refractivity contribution is 5.46. The van der Waals surface area contributed by atoms with E-state index < -0.39 is 0 Å². The average Bonchev–Trinajstić information content (AvgIpc) is 2.49. The summed E-state index contributed by atoms with van der Waals surface area (Å²) in [7, 11) is 5.51. The molecular formula is C16H28N2O2. The van der Waals surface area contributed by atoms with Crippen LogP contribution in [0.4, 0.5) is 0 Å². The third-order valence-electron chi connectivity index (χ3n) is 3.78. The van der Waals surface area contributed by atoms with Crippen molar-refractivity contribution in [2.24, 2.45) is 0 Å². The van der Waals surface area contributed by atoms with Gasteiger partial charge in [-0.15, -0.1) is 0 Å². The van der Waals surface area contributed by atoms with E-state index in [1.165, 1.54) is 6.42 Å². The maximum atomic E-state index is 5.43. The van der Waals surface area contributed by atoms with Gasteiger partial charge in [0.15, 0.2) is 11.5 Å². The van der Waals surface area contributed by atoms with E-state index in [2.05, 4.69) is 37.2 Å². The summed E-state index contributed by atoms with van der Waals surface area (Å²) in [6.07, 6.45) is 1.18. The van der Waals surface area contributed by atoms with Crippen molar-refractivity contribution in [3.63, 3.8) is 0 Å². The quantitative estimate of drug-likeness (QED) is 0.705. The summed E-state index contributed by atoms with van der Waals surface area (Å²) in [4.78, 5) is 2.37. The fourth-order valence-corrected chi connectivity index (χ4v) is 2.10. The van der Waals surface area contributed by atoms with Crippen molar-refractivity contribution in [3.8, 4) is 11.5 Å². The number of methoxy groups -OCH3 is 2. The maximum Gasteiger partial charge on any atom is 0.165 e. The van der Waals surface area contributed by atoms with Crippen molar-refractivity contribution >= 4 is 0 Å². The molecular weight excluding hydrogens is 252 g/mol. The van der Waals surface area contributed by atoms with Gasteiger partial charge in [0.1, 0.15) is 0 Å². The summed E-state index contributed by atoms with van der Waals surface area (Å²) < 4.78 is 10.7. The molecule has 0 heterocycles. The number of likely N-dealkylation sites (N-methyl/N-ethyl adjacent to an activating group) is 1. The van der Waals surface area contributed by atoms with Crippen molar-refractivity contribution < 1.29 is 9.47 Å². The van der Waals surface area contributed by atoms with Crippen molar-refractivity contribution in [2.45, 2.75) is 32.9 Å². The fraction of sp³-hybridized carbons (Fsp3) is 0.625. The normalized spacial score (nSPS) is 12.5. The van der Waals surface area contributed by atoms with Gasteiger partial charge in [0.05, 0.1) is 14.2 Å². The van der Waals surface area contributed by atoms with E-state index >= 15 is 0 Å². The molecule has 1 aromatic rings. The smallest absolute Gasteiger partial charge is 0.165 e. The zero-order valence-corrected chi connectivity index (χ0v) is 13.4. The minimum atomic E-state index is 0.628. The van der Waals surface area contributed by atoms with Crippen LogP contribution in [-0.2, 0) is 6.54 Å². The lowest BCUT2D eigenvalue weighted by Gasteiger charge is -2.23. The van der Waals surface area contributed by atoms with Crippen LogP contribution in [0.2, 0.25) is 0 Å². The lowest BCUT2D eigenvalue weighted by atomic mass is 10.2. The summed E-state index contributed by atoms with van der Waals surface area (Å²) in [5.74, 6) is 1.60. The number of benzene rings is 1. The highest BCUT2D eigenvalue weighted by Gasteiger charge is 2.09. The van der Waals surface area contributed by atoms with E-state index in [4.69, 9.17) is 9.47 Å². The Balaban J connectivity index is 2.46. The monoisotopic (exact) mass is 280 g/mol. The molecule has 1 unspecified atom stereocenters. The Kier molecular flexibility index (Phi) is 7.41. The van der Waals surface area contributed by atoms with Crippen molar-refractivity contribution in [1.29, 1.82) is 0 Å². The van der Waals surface area contributed by atoms with Crippen LogP contribution in [0.25, 0.3) is 0 Å². The third-order valence-corrected chi connectivity index (χ3v) is 3.78. The maximum absolute atomic E-state index is 5.43. The molecule has 1 aromatic carbocycles. The Morgan fingerprint density at radius 1 is 1.25 bits per heavy atom. The van der Waals surface area contributed by atoms with Crippen LogP contribution in [0, 0.1) is 0 Å². The molecule has 0 aliphatic carbocycles. The highest BCUT2D eigenvalue weighted by Crippen LogP contribution is 2.30. The Bertz CT molecular complexity index is 396. The van der Waals surface area contributed by atoms with Gasteiger partial charge in [-0.1, -0.05) is 19.1 Å². The second kappa shape index (κ2) is 8.82. The van der Waals surface area contributed by atoms with Crippen LogP contribution in [0.1, 0.15) is 25.8 Å². The Morgan fingerprint density at radius 2 is 2.00 bits per heavy atom. The second-order valence-electron chi connectivity index (χ2n) is 5.07. The SMILES string of the molecule is CCC(C)N(C)CCNCc1cccc(OC)c1OC. The summed E-state index contributed by atoms with van der Waals surface area (Å²) in [6, 6.07) is 6.60. The first-order valence-corrected chi connectivity index (χ1v) is 7.24. The summed E-state index contributed by atoms with van der Waals surface area (Å²) in [5.41, 5.74) is 1.12. The molecule has 0 saturated carbocycles. The first kappa shape index (κ1) is 16.8. The summed E-state index contributed by atoms with van der Waals surface area (Å²) in [6.45, 7) is 7.26. The van der Waals surface area contributed by atoms with Gasteiger partial charge < -0.3 is 19.7 Å². The van der Waals surface area contributed by atoms with Gasteiger partial charge >= 0.3 is 0 Å². The number of hydrogen-bond donors (Lipinski definition) is 1. The molecule has 0 saturated heterocycles. The second-order valence-corrected chi connectivity index (χ2v) is 5.07. The van der Waals surface area contributed by atoms with E-state index in [1.807, 2.05) is 12.1 Å². The van der Waals surface area contributed by atoms with Crippen molar-refractivity contribution in [2.75, 3.05) is 34.4 Å². The van der Waals surface area contributed by atoms with Crippen LogP contribution in [-0.4, -0.2) is 45.3 Å².